The maximum absolute atomic E-state index is 13.4. The lowest BCUT2D eigenvalue weighted by Crippen LogP contribution is -2.20. The number of hydrogen-bond acceptors (Lipinski definition) is 7. The van der Waals surface area contributed by atoms with E-state index in [2.05, 4.69) is 10.1 Å². The average molecular weight is 523 g/mol. The van der Waals surface area contributed by atoms with Gasteiger partial charge < -0.3 is 9.15 Å². The predicted molar refractivity (Wildman–Crippen MR) is 138 cm³/mol. The molecule has 9 nitrogen and oxygen atoms in total. The lowest BCUT2D eigenvalue weighted by atomic mass is 10.2. The van der Waals surface area contributed by atoms with Gasteiger partial charge in [0.2, 0.25) is 11.6 Å². The minimum Gasteiger partial charge on any atom is -0.486 e. The highest BCUT2D eigenvalue weighted by atomic mass is 35.5. The zero-order valence-corrected chi connectivity index (χ0v) is 20.2. The number of hydrogen-bond donors (Lipinski definition) is 0. The van der Waals surface area contributed by atoms with E-state index in [1.807, 2.05) is 0 Å². The van der Waals surface area contributed by atoms with Gasteiger partial charge in [0.25, 0.3) is 5.56 Å². The fourth-order valence-corrected chi connectivity index (χ4v) is 4.19. The summed E-state index contributed by atoms with van der Waals surface area (Å²) in [5.74, 6) is 0.407. The largest absolute Gasteiger partial charge is 0.486 e. The molecule has 0 radical (unpaired) electrons. The van der Waals surface area contributed by atoms with E-state index in [9.17, 15) is 14.9 Å². The van der Waals surface area contributed by atoms with Crippen LogP contribution in [0.1, 0.15) is 12.5 Å². The van der Waals surface area contributed by atoms with Gasteiger partial charge >= 0.3 is 5.69 Å². The van der Waals surface area contributed by atoms with Crippen LogP contribution in [0, 0.1) is 10.1 Å². The minimum absolute atomic E-state index is 0.0347. The Morgan fingerprint density at radius 3 is 2.75 bits per heavy atom. The molecule has 2 heterocycles. The topological polar surface area (TPSA) is 113 Å². The Bertz CT molecular complexity index is 1740. The molecule has 0 N–H and O–H groups in total. The lowest BCUT2D eigenvalue weighted by molar-refractivity contribution is -0.385. The molecule has 0 aliphatic rings. The first kappa shape index (κ1) is 23.5. The fraction of sp³-hybridized carbons (Fsp3) is 0.0800. The molecule has 5 aromatic rings. The van der Waals surface area contributed by atoms with Crippen LogP contribution in [0.5, 0.6) is 5.75 Å². The second kappa shape index (κ2) is 9.44. The number of ether oxygens (including phenoxy) is 1. The molecule has 0 spiro atoms. The van der Waals surface area contributed by atoms with Crippen LogP contribution >= 0.6 is 23.2 Å². The molecular formula is C25H16Cl2N4O5. The quantitative estimate of drug-likeness (QED) is 0.147. The number of para-hydroxylation sites is 1. The van der Waals surface area contributed by atoms with Gasteiger partial charge in [0.1, 0.15) is 5.58 Å². The van der Waals surface area contributed by atoms with Crippen molar-refractivity contribution in [2.24, 2.45) is 5.10 Å². The van der Waals surface area contributed by atoms with Crippen LogP contribution in [0.2, 0.25) is 10.0 Å². The van der Waals surface area contributed by atoms with E-state index in [1.165, 1.54) is 18.3 Å². The highest BCUT2D eigenvalue weighted by Gasteiger charge is 2.21. The van der Waals surface area contributed by atoms with E-state index in [0.717, 1.165) is 10.1 Å². The van der Waals surface area contributed by atoms with Crippen molar-refractivity contribution in [2.75, 3.05) is 6.61 Å². The standard InChI is InChI=1S/C25H16Cl2N4O5/c1-2-35-23-18(27)9-14(10-20(23)31(33)34)13-28-30-24(29-19-6-4-3-5-17(19)25(30)32)22-12-15-11-16(26)7-8-21(15)36-22/h3-13H,2H2,1H3. The van der Waals surface area contributed by atoms with Crippen molar-refractivity contribution in [3.8, 4) is 17.3 Å². The van der Waals surface area contributed by atoms with E-state index >= 15 is 0 Å². The Morgan fingerprint density at radius 2 is 1.97 bits per heavy atom. The third-order valence-corrected chi connectivity index (χ3v) is 5.82. The maximum atomic E-state index is 13.4. The van der Waals surface area contributed by atoms with Crippen molar-refractivity contribution in [3.63, 3.8) is 0 Å². The van der Waals surface area contributed by atoms with Crippen molar-refractivity contribution >= 4 is 57.0 Å². The monoisotopic (exact) mass is 522 g/mol. The van der Waals surface area contributed by atoms with Crippen molar-refractivity contribution in [3.05, 3.63) is 96.7 Å². The van der Waals surface area contributed by atoms with Gasteiger partial charge in [-0.15, -0.1) is 0 Å². The Balaban J connectivity index is 1.69. The van der Waals surface area contributed by atoms with Gasteiger partial charge in [0.05, 0.1) is 33.7 Å². The number of halogens is 2. The third kappa shape index (κ3) is 4.30. The summed E-state index contributed by atoms with van der Waals surface area (Å²) in [6.45, 7) is 1.90. The summed E-state index contributed by atoms with van der Waals surface area (Å²) in [4.78, 5) is 29.0. The SMILES string of the molecule is CCOc1c(Cl)cc(C=Nn2c(-c3cc4cc(Cl)ccc4o3)nc3ccccc3c2=O)cc1[N+](=O)[O-]. The van der Waals surface area contributed by atoms with Crippen LogP contribution in [0.4, 0.5) is 5.69 Å². The van der Waals surface area contributed by atoms with Gasteiger partial charge in [-0.3, -0.25) is 14.9 Å². The average Bonchev–Trinajstić information content (AvgIpc) is 3.27. The van der Waals surface area contributed by atoms with Crippen molar-refractivity contribution in [1.82, 2.24) is 9.66 Å². The molecule has 180 valence electrons. The second-order valence-electron chi connectivity index (χ2n) is 7.65. The molecule has 0 amide bonds. The Labute approximate surface area is 213 Å². The van der Waals surface area contributed by atoms with Crippen LogP contribution in [0.15, 0.2) is 75.0 Å². The zero-order valence-electron chi connectivity index (χ0n) is 18.6. The Morgan fingerprint density at radius 1 is 1.17 bits per heavy atom. The fourth-order valence-electron chi connectivity index (χ4n) is 3.74. The number of nitro groups is 1. The Kier molecular flexibility index (Phi) is 6.17. The van der Waals surface area contributed by atoms with Gasteiger partial charge in [-0.1, -0.05) is 35.3 Å². The first-order valence-corrected chi connectivity index (χ1v) is 11.5. The van der Waals surface area contributed by atoms with Gasteiger partial charge in [0.15, 0.2) is 5.76 Å². The summed E-state index contributed by atoms with van der Waals surface area (Å²) in [5.41, 5.74) is 0.544. The van der Waals surface area contributed by atoms with E-state index in [1.54, 1.807) is 55.5 Å². The number of fused-ring (bicyclic) bond motifs is 2. The van der Waals surface area contributed by atoms with Gasteiger partial charge in [-0.2, -0.15) is 9.78 Å². The van der Waals surface area contributed by atoms with E-state index < -0.39 is 10.5 Å². The van der Waals surface area contributed by atoms with E-state index in [-0.39, 0.29) is 34.5 Å². The summed E-state index contributed by atoms with van der Waals surface area (Å²) < 4.78 is 12.3. The molecule has 5 rings (SSSR count). The van der Waals surface area contributed by atoms with Gasteiger partial charge in [0, 0.05) is 22.0 Å². The molecule has 0 saturated carbocycles. The summed E-state index contributed by atoms with van der Waals surface area (Å²) in [7, 11) is 0. The summed E-state index contributed by atoms with van der Waals surface area (Å²) in [6.07, 6.45) is 1.29. The first-order chi connectivity index (χ1) is 17.4. The Hall–Kier alpha value is -4.21. The molecule has 0 aliphatic carbocycles. The molecule has 0 atom stereocenters. The number of aromatic nitrogens is 2. The molecule has 0 unspecified atom stereocenters. The van der Waals surface area contributed by atoms with Gasteiger partial charge in [-0.05, 0) is 49.4 Å². The second-order valence-corrected chi connectivity index (χ2v) is 8.49. The number of furan rings is 1. The smallest absolute Gasteiger partial charge is 0.313 e. The van der Waals surface area contributed by atoms with Crippen molar-refractivity contribution < 1.29 is 14.1 Å². The van der Waals surface area contributed by atoms with E-state index in [0.29, 0.717) is 27.3 Å². The molecular weight excluding hydrogens is 507 g/mol. The molecule has 0 bridgehead atoms. The van der Waals surface area contributed by atoms with Crippen molar-refractivity contribution in [1.29, 1.82) is 0 Å². The van der Waals surface area contributed by atoms with Crippen molar-refractivity contribution in [2.45, 2.75) is 6.92 Å². The normalized spacial score (nSPS) is 11.5. The number of benzene rings is 3. The first-order valence-electron chi connectivity index (χ1n) is 10.7. The van der Waals surface area contributed by atoms with Gasteiger partial charge in [-0.25, -0.2) is 4.98 Å². The van der Waals surface area contributed by atoms with Crippen LogP contribution in [0.25, 0.3) is 33.5 Å². The highest BCUT2D eigenvalue weighted by Crippen LogP contribution is 2.36. The van der Waals surface area contributed by atoms with Crippen LogP contribution in [-0.2, 0) is 0 Å². The minimum atomic E-state index is -0.594. The third-order valence-electron chi connectivity index (χ3n) is 5.31. The molecule has 0 fully saturated rings. The molecule has 36 heavy (non-hydrogen) atoms. The maximum Gasteiger partial charge on any atom is 0.313 e. The van der Waals surface area contributed by atoms with Crippen LogP contribution < -0.4 is 10.3 Å². The van der Waals surface area contributed by atoms with E-state index in [4.69, 9.17) is 32.4 Å². The number of nitrogens with zero attached hydrogens (tertiary/aromatic N) is 4. The molecule has 11 heteroatoms. The molecule has 3 aromatic carbocycles. The highest BCUT2D eigenvalue weighted by molar-refractivity contribution is 6.32. The number of nitro benzene ring substituents is 1. The summed E-state index contributed by atoms with van der Waals surface area (Å²) >= 11 is 12.3. The summed E-state index contributed by atoms with van der Waals surface area (Å²) in [5, 5.41) is 17.5. The van der Waals surface area contributed by atoms with Crippen LogP contribution in [0.3, 0.4) is 0 Å². The molecule has 0 saturated heterocycles. The summed E-state index contributed by atoms with van der Waals surface area (Å²) in [6, 6.07) is 16.4. The lowest BCUT2D eigenvalue weighted by Gasteiger charge is -2.08. The molecule has 0 aliphatic heterocycles. The number of rotatable bonds is 6. The molecule has 2 aromatic heterocycles. The predicted octanol–water partition coefficient (Wildman–Crippen LogP) is 6.31. The van der Waals surface area contributed by atoms with Crippen LogP contribution in [-0.4, -0.2) is 27.4 Å². The zero-order chi connectivity index (χ0) is 25.4.